The van der Waals surface area contributed by atoms with Gasteiger partial charge in [0.1, 0.15) is 4.88 Å². The van der Waals surface area contributed by atoms with E-state index in [1.807, 2.05) is 19.1 Å². The van der Waals surface area contributed by atoms with Crippen molar-refractivity contribution < 1.29 is 14.3 Å². The molecule has 6 heteroatoms. The number of carbonyl (C=O) groups is 2. The molecule has 1 amide bonds. The summed E-state index contributed by atoms with van der Waals surface area (Å²) in [5.74, 6) is -0.832. The summed E-state index contributed by atoms with van der Waals surface area (Å²) in [6.07, 6.45) is 0. The zero-order chi connectivity index (χ0) is 15.2. The summed E-state index contributed by atoms with van der Waals surface area (Å²) in [7, 11) is 0. The zero-order valence-electron chi connectivity index (χ0n) is 11.3. The predicted molar refractivity (Wildman–Crippen MR) is 82.6 cm³/mol. The highest BCUT2D eigenvalue weighted by molar-refractivity contribution is 7.11. The first kappa shape index (κ1) is 15.5. The van der Waals surface area contributed by atoms with E-state index < -0.39 is 5.97 Å². The van der Waals surface area contributed by atoms with E-state index in [-0.39, 0.29) is 18.6 Å². The summed E-state index contributed by atoms with van der Waals surface area (Å²) < 4.78 is 4.94. The van der Waals surface area contributed by atoms with Crippen molar-refractivity contribution in [2.75, 3.05) is 6.61 Å². The van der Waals surface area contributed by atoms with Crippen LogP contribution in [0.2, 0.25) is 5.02 Å². The van der Waals surface area contributed by atoms with Crippen molar-refractivity contribution in [2.24, 2.45) is 0 Å². The van der Waals surface area contributed by atoms with Crippen LogP contribution in [-0.4, -0.2) is 18.5 Å². The molecule has 1 atom stereocenters. The Kier molecular flexibility index (Phi) is 5.36. The van der Waals surface area contributed by atoms with Gasteiger partial charge in [-0.2, -0.15) is 0 Å². The molecule has 1 aromatic carbocycles. The maximum absolute atomic E-state index is 11.8. The summed E-state index contributed by atoms with van der Waals surface area (Å²) in [5.41, 5.74) is 0.928. The summed E-state index contributed by atoms with van der Waals surface area (Å²) in [6.45, 7) is 1.55. The number of halogens is 1. The van der Waals surface area contributed by atoms with Gasteiger partial charge >= 0.3 is 5.97 Å². The molecule has 2 aromatic rings. The van der Waals surface area contributed by atoms with Gasteiger partial charge in [0.05, 0.1) is 6.04 Å². The molecule has 0 spiro atoms. The molecular weight excluding hydrogens is 310 g/mol. The van der Waals surface area contributed by atoms with Crippen LogP contribution in [0.4, 0.5) is 0 Å². The number of hydrogen-bond donors (Lipinski definition) is 1. The molecule has 4 nitrogen and oxygen atoms in total. The Bertz CT molecular complexity index is 610. The van der Waals surface area contributed by atoms with E-state index in [1.54, 1.807) is 29.6 Å². The number of hydrogen-bond acceptors (Lipinski definition) is 4. The second kappa shape index (κ2) is 7.24. The molecule has 1 N–H and O–H groups in total. The molecule has 1 heterocycles. The third kappa shape index (κ3) is 4.58. The lowest BCUT2D eigenvalue weighted by Gasteiger charge is -2.14. The molecule has 0 fully saturated rings. The van der Waals surface area contributed by atoms with Gasteiger partial charge in [0.25, 0.3) is 5.91 Å². The minimum Gasteiger partial charge on any atom is -0.451 e. The van der Waals surface area contributed by atoms with Crippen LogP contribution in [0.25, 0.3) is 0 Å². The Morgan fingerprint density at radius 3 is 2.62 bits per heavy atom. The molecule has 0 radical (unpaired) electrons. The maximum Gasteiger partial charge on any atom is 0.348 e. The molecule has 2 rings (SSSR count). The van der Waals surface area contributed by atoms with Gasteiger partial charge in [-0.15, -0.1) is 11.3 Å². The van der Waals surface area contributed by atoms with Gasteiger partial charge in [0, 0.05) is 5.02 Å². The summed E-state index contributed by atoms with van der Waals surface area (Å²) in [6, 6.07) is 10.4. The fraction of sp³-hybridized carbons (Fsp3) is 0.200. The van der Waals surface area contributed by atoms with Crippen molar-refractivity contribution in [1.82, 2.24) is 5.32 Å². The summed E-state index contributed by atoms with van der Waals surface area (Å²) in [5, 5.41) is 5.18. The Morgan fingerprint density at radius 1 is 1.29 bits per heavy atom. The molecule has 0 aliphatic carbocycles. The number of nitrogens with one attached hydrogen (secondary N) is 1. The smallest absolute Gasteiger partial charge is 0.348 e. The SMILES string of the molecule is C[C@H](NC(=O)COC(=O)c1cccs1)c1ccc(Cl)cc1. The number of carbonyl (C=O) groups excluding carboxylic acids is 2. The van der Waals surface area contributed by atoms with Gasteiger partial charge in [-0.25, -0.2) is 4.79 Å². The molecule has 1 aromatic heterocycles. The van der Waals surface area contributed by atoms with Crippen molar-refractivity contribution in [2.45, 2.75) is 13.0 Å². The number of thiophene rings is 1. The van der Waals surface area contributed by atoms with E-state index in [0.717, 1.165) is 5.56 Å². The van der Waals surface area contributed by atoms with Gasteiger partial charge in [-0.1, -0.05) is 29.8 Å². The van der Waals surface area contributed by atoms with Crippen LogP contribution in [0.3, 0.4) is 0 Å². The third-order valence-corrected chi connectivity index (χ3v) is 3.91. The van der Waals surface area contributed by atoms with Crippen LogP contribution in [-0.2, 0) is 9.53 Å². The highest BCUT2D eigenvalue weighted by Crippen LogP contribution is 2.16. The van der Waals surface area contributed by atoms with E-state index in [1.165, 1.54) is 11.3 Å². The van der Waals surface area contributed by atoms with Gasteiger partial charge in [0.2, 0.25) is 0 Å². The second-order valence-electron chi connectivity index (χ2n) is 4.39. The molecule has 0 aliphatic heterocycles. The van der Waals surface area contributed by atoms with Crippen LogP contribution in [0, 0.1) is 0 Å². The molecule has 21 heavy (non-hydrogen) atoms. The van der Waals surface area contributed by atoms with Crippen LogP contribution in [0.5, 0.6) is 0 Å². The van der Waals surface area contributed by atoms with Crippen molar-refractivity contribution in [3.05, 3.63) is 57.2 Å². The first-order valence-corrected chi connectivity index (χ1v) is 7.57. The van der Waals surface area contributed by atoms with Gasteiger partial charge in [0.15, 0.2) is 6.61 Å². The Labute approximate surface area is 131 Å². The normalized spacial score (nSPS) is 11.7. The maximum atomic E-state index is 11.8. The van der Waals surface area contributed by atoms with E-state index in [0.29, 0.717) is 9.90 Å². The number of esters is 1. The van der Waals surface area contributed by atoms with Crippen molar-refractivity contribution in [1.29, 1.82) is 0 Å². The van der Waals surface area contributed by atoms with E-state index in [4.69, 9.17) is 16.3 Å². The van der Waals surface area contributed by atoms with E-state index in [2.05, 4.69) is 5.32 Å². The first-order chi connectivity index (χ1) is 10.1. The average Bonchev–Trinajstić information content (AvgIpc) is 2.99. The van der Waals surface area contributed by atoms with Crippen molar-refractivity contribution in [3.63, 3.8) is 0 Å². The molecule has 0 saturated heterocycles. The molecule has 0 bridgehead atoms. The van der Waals surface area contributed by atoms with Crippen LogP contribution in [0.15, 0.2) is 41.8 Å². The minimum atomic E-state index is -0.487. The molecule has 0 saturated carbocycles. The van der Waals surface area contributed by atoms with E-state index >= 15 is 0 Å². The topological polar surface area (TPSA) is 55.4 Å². The highest BCUT2D eigenvalue weighted by atomic mass is 35.5. The Morgan fingerprint density at radius 2 is 2.00 bits per heavy atom. The number of benzene rings is 1. The van der Waals surface area contributed by atoms with Crippen LogP contribution < -0.4 is 5.32 Å². The fourth-order valence-electron chi connectivity index (χ4n) is 1.71. The lowest BCUT2D eigenvalue weighted by atomic mass is 10.1. The standard InChI is InChI=1S/C15H14ClNO3S/c1-10(11-4-6-12(16)7-5-11)17-14(18)9-20-15(19)13-3-2-8-21-13/h2-8,10H,9H2,1H3,(H,17,18)/t10-/m0/s1. The largest absolute Gasteiger partial charge is 0.451 e. The van der Waals surface area contributed by atoms with Gasteiger partial charge in [-0.3, -0.25) is 4.79 Å². The zero-order valence-corrected chi connectivity index (χ0v) is 12.9. The Balaban J connectivity index is 1.81. The third-order valence-electron chi connectivity index (χ3n) is 2.80. The number of ether oxygens (including phenoxy) is 1. The molecule has 0 aliphatic rings. The second-order valence-corrected chi connectivity index (χ2v) is 5.78. The van der Waals surface area contributed by atoms with Gasteiger partial charge in [-0.05, 0) is 36.1 Å². The predicted octanol–water partition coefficient (Wildman–Crippen LogP) is 3.44. The molecule has 0 unspecified atom stereocenters. The minimum absolute atomic E-state index is 0.185. The summed E-state index contributed by atoms with van der Waals surface area (Å²) >= 11 is 7.09. The van der Waals surface area contributed by atoms with Crippen molar-refractivity contribution >= 4 is 34.8 Å². The quantitative estimate of drug-likeness (QED) is 0.858. The van der Waals surface area contributed by atoms with Gasteiger partial charge < -0.3 is 10.1 Å². The Hall–Kier alpha value is -1.85. The monoisotopic (exact) mass is 323 g/mol. The lowest BCUT2D eigenvalue weighted by molar-refractivity contribution is -0.124. The molecule has 110 valence electrons. The average molecular weight is 324 g/mol. The fourth-order valence-corrected chi connectivity index (χ4v) is 2.46. The number of amides is 1. The lowest BCUT2D eigenvalue weighted by Crippen LogP contribution is -2.31. The van der Waals surface area contributed by atoms with Crippen LogP contribution in [0.1, 0.15) is 28.2 Å². The molecular formula is C15H14ClNO3S. The highest BCUT2D eigenvalue weighted by Gasteiger charge is 2.13. The first-order valence-electron chi connectivity index (χ1n) is 6.31. The van der Waals surface area contributed by atoms with Crippen molar-refractivity contribution in [3.8, 4) is 0 Å². The summed E-state index contributed by atoms with van der Waals surface area (Å²) in [4.78, 5) is 23.8. The number of rotatable bonds is 5. The van der Waals surface area contributed by atoms with E-state index in [9.17, 15) is 9.59 Å². The van der Waals surface area contributed by atoms with Crippen LogP contribution >= 0.6 is 22.9 Å².